The fourth-order valence-corrected chi connectivity index (χ4v) is 2.93. The molecule has 20 heavy (non-hydrogen) atoms. The Balaban J connectivity index is 2.07. The molecule has 1 aliphatic heterocycles. The highest BCUT2D eigenvalue weighted by molar-refractivity contribution is 5.43. The van der Waals surface area contributed by atoms with Crippen LogP contribution in [0.25, 0.3) is 0 Å². The lowest BCUT2D eigenvalue weighted by molar-refractivity contribution is 0.474. The van der Waals surface area contributed by atoms with Crippen LogP contribution in [0, 0.1) is 13.8 Å². The van der Waals surface area contributed by atoms with Gasteiger partial charge in [-0.05, 0) is 37.3 Å². The average Bonchev–Trinajstić information content (AvgIpc) is 2.85. The Morgan fingerprint density at radius 1 is 1.25 bits per heavy atom. The van der Waals surface area contributed by atoms with E-state index < -0.39 is 0 Å². The molecule has 2 aromatic rings. The predicted molar refractivity (Wildman–Crippen MR) is 83.5 cm³/mol. The van der Waals surface area contributed by atoms with Crippen molar-refractivity contribution >= 4 is 5.82 Å². The number of nitrogens with zero attached hydrogens (tertiary/aromatic N) is 2. The number of rotatable bonds is 2. The van der Waals surface area contributed by atoms with Crippen LogP contribution in [-0.2, 0) is 0 Å². The summed E-state index contributed by atoms with van der Waals surface area (Å²) in [6.45, 7) is 9.76. The molecule has 0 saturated heterocycles. The van der Waals surface area contributed by atoms with Crippen LogP contribution in [0.5, 0.6) is 0 Å². The zero-order chi connectivity index (χ0) is 14.3. The van der Waals surface area contributed by atoms with Crippen LogP contribution in [0.3, 0.4) is 0 Å². The monoisotopic (exact) mass is 269 g/mol. The second-order valence-corrected chi connectivity index (χ2v) is 6.15. The number of aromatic nitrogens is 2. The summed E-state index contributed by atoms with van der Waals surface area (Å²) in [4.78, 5) is 0. The zero-order valence-corrected chi connectivity index (χ0v) is 12.8. The summed E-state index contributed by atoms with van der Waals surface area (Å²) in [5.41, 5.74) is 5.26. The lowest BCUT2D eigenvalue weighted by Gasteiger charge is -2.27. The molecule has 1 aliphatic rings. The van der Waals surface area contributed by atoms with Crippen molar-refractivity contribution in [2.24, 2.45) is 0 Å². The highest BCUT2D eigenvalue weighted by atomic mass is 15.4. The van der Waals surface area contributed by atoms with E-state index in [0.717, 1.165) is 18.8 Å². The fraction of sp³-hybridized carbons (Fsp3) is 0.471. The number of hydrogen-bond acceptors (Lipinski definition) is 2. The van der Waals surface area contributed by atoms with Crippen molar-refractivity contribution in [1.29, 1.82) is 0 Å². The maximum Gasteiger partial charge on any atom is 0.125 e. The normalized spacial score (nSPS) is 17.9. The second kappa shape index (κ2) is 4.97. The van der Waals surface area contributed by atoms with Gasteiger partial charge in [0.1, 0.15) is 5.82 Å². The smallest absolute Gasteiger partial charge is 0.125 e. The molecule has 106 valence electrons. The first-order valence-electron chi connectivity index (χ1n) is 7.46. The third kappa shape index (κ3) is 2.21. The minimum Gasteiger partial charge on any atom is -0.370 e. The predicted octanol–water partition coefficient (Wildman–Crippen LogP) is 4.03. The van der Waals surface area contributed by atoms with Gasteiger partial charge in [0.05, 0.1) is 11.7 Å². The van der Waals surface area contributed by atoms with Gasteiger partial charge < -0.3 is 5.32 Å². The van der Waals surface area contributed by atoms with Gasteiger partial charge in [-0.3, -0.25) is 0 Å². The standard InChI is InChI=1S/C17H23N3/c1-11(2)15-10-17-18-8-7-16(20(17)19-15)14-9-12(3)5-6-13(14)4/h5-6,9-11,16,18H,7-8H2,1-4H3. The quantitative estimate of drug-likeness (QED) is 0.892. The topological polar surface area (TPSA) is 29.9 Å². The van der Waals surface area contributed by atoms with Crippen LogP contribution < -0.4 is 5.32 Å². The Kier molecular flexibility index (Phi) is 3.28. The van der Waals surface area contributed by atoms with Gasteiger partial charge in [-0.15, -0.1) is 0 Å². The molecule has 1 unspecified atom stereocenters. The maximum absolute atomic E-state index is 4.83. The van der Waals surface area contributed by atoms with Crippen LogP contribution in [0.2, 0.25) is 0 Å². The van der Waals surface area contributed by atoms with Crippen molar-refractivity contribution in [3.8, 4) is 0 Å². The Labute approximate surface area is 121 Å². The van der Waals surface area contributed by atoms with E-state index >= 15 is 0 Å². The average molecular weight is 269 g/mol. The highest BCUT2D eigenvalue weighted by Crippen LogP contribution is 2.33. The minimum atomic E-state index is 0.360. The molecule has 0 bridgehead atoms. The largest absolute Gasteiger partial charge is 0.370 e. The Morgan fingerprint density at radius 3 is 2.80 bits per heavy atom. The Bertz CT molecular complexity index is 625. The molecule has 3 rings (SSSR count). The molecule has 0 spiro atoms. The van der Waals surface area contributed by atoms with Gasteiger partial charge in [0.25, 0.3) is 0 Å². The van der Waals surface area contributed by atoms with Crippen molar-refractivity contribution in [2.45, 2.75) is 46.1 Å². The number of benzene rings is 1. The van der Waals surface area contributed by atoms with Gasteiger partial charge >= 0.3 is 0 Å². The summed E-state index contributed by atoms with van der Waals surface area (Å²) in [6, 6.07) is 9.27. The minimum absolute atomic E-state index is 0.360. The Hall–Kier alpha value is -1.77. The third-order valence-electron chi connectivity index (χ3n) is 4.16. The summed E-state index contributed by atoms with van der Waals surface area (Å²) >= 11 is 0. The van der Waals surface area contributed by atoms with E-state index in [1.54, 1.807) is 0 Å². The van der Waals surface area contributed by atoms with Crippen molar-refractivity contribution in [3.05, 3.63) is 46.6 Å². The van der Waals surface area contributed by atoms with Crippen LogP contribution >= 0.6 is 0 Å². The van der Waals surface area contributed by atoms with Gasteiger partial charge in [0.15, 0.2) is 0 Å². The van der Waals surface area contributed by atoms with Crippen LogP contribution in [0.15, 0.2) is 24.3 Å². The SMILES string of the molecule is Cc1ccc(C)c(C2CCNc3cc(C(C)C)nn32)c1. The van der Waals surface area contributed by atoms with E-state index in [1.807, 2.05) is 0 Å². The molecule has 1 atom stereocenters. The number of aryl methyl sites for hydroxylation is 2. The van der Waals surface area contributed by atoms with Crippen molar-refractivity contribution in [3.63, 3.8) is 0 Å². The summed E-state index contributed by atoms with van der Waals surface area (Å²) in [6.07, 6.45) is 1.09. The first-order valence-corrected chi connectivity index (χ1v) is 7.46. The van der Waals surface area contributed by atoms with Crippen molar-refractivity contribution in [1.82, 2.24) is 9.78 Å². The van der Waals surface area contributed by atoms with E-state index in [0.29, 0.717) is 12.0 Å². The first kappa shape index (κ1) is 13.2. The van der Waals surface area contributed by atoms with Crippen LogP contribution in [-0.4, -0.2) is 16.3 Å². The first-order chi connectivity index (χ1) is 9.56. The van der Waals surface area contributed by atoms with Crippen molar-refractivity contribution < 1.29 is 0 Å². The van der Waals surface area contributed by atoms with E-state index in [-0.39, 0.29) is 0 Å². The van der Waals surface area contributed by atoms with E-state index in [9.17, 15) is 0 Å². The zero-order valence-electron chi connectivity index (χ0n) is 12.8. The number of fused-ring (bicyclic) bond motifs is 1. The fourth-order valence-electron chi connectivity index (χ4n) is 2.93. The summed E-state index contributed by atoms with van der Waals surface area (Å²) in [7, 11) is 0. The van der Waals surface area contributed by atoms with Gasteiger partial charge in [0.2, 0.25) is 0 Å². The number of nitrogens with one attached hydrogen (secondary N) is 1. The lowest BCUT2D eigenvalue weighted by atomic mass is 9.96. The molecule has 0 saturated carbocycles. The molecule has 0 aliphatic carbocycles. The van der Waals surface area contributed by atoms with E-state index in [1.165, 1.54) is 22.4 Å². The summed E-state index contributed by atoms with van der Waals surface area (Å²) < 4.78 is 2.18. The maximum atomic E-state index is 4.83. The molecular formula is C17H23N3. The molecular weight excluding hydrogens is 246 g/mol. The van der Waals surface area contributed by atoms with E-state index in [2.05, 4.69) is 62.0 Å². The van der Waals surface area contributed by atoms with Crippen LogP contribution in [0.1, 0.15) is 54.6 Å². The second-order valence-electron chi connectivity index (χ2n) is 6.15. The molecule has 3 nitrogen and oxygen atoms in total. The van der Waals surface area contributed by atoms with E-state index in [4.69, 9.17) is 5.10 Å². The molecule has 2 heterocycles. The molecule has 0 amide bonds. The van der Waals surface area contributed by atoms with Gasteiger partial charge in [-0.25, -0.2) is 4.68 Å². The summed E-state index contributed by atoms with van der Waals surface area (Å²) in [5, 5.41) is 8.31. The Morgan fingerprint density at radius 2 is 2.05 bits per heavy atom. The molecule has 1 N–H and O–H groups in total. The summed E-state index contributed by atoms with van der Waals surface area (Å²) in [5.74, 6) is 1.63. The van der Waals surface area contributed by atoms with Gasteiger partial charge in [0, 0.05) is 12.6 Å². The number of hydrogen-bond donors (Lipinski definition) is 1. The molecule has 1 aromatic heterocycles. The molecule has 0 fully saturated rings. The molecule has 3 heteroatoms. The molecule has 0 radical (unpaired) electrons. The number of anilines is 1. The van der Waals surface area contributed by atoms with Gasteiger partial charge in [-0.1, -0.05) is 37.6 Å². The van der Waals surface area contributed by atoms with Crippen molar-refractivity contribution in [2.75, 3.05) is 11.9 Å². The van der Waals surface area contributed by atoms with Gasteiger partial charge in [-0.2, -0.15) is 5.10 Å². The lowest BCUT2D eigenvalue weighted by Crippen LogP contribution is -2.25. The molecule has 1 aromatic carbocycles. The van der Waals surface area contributed by atoms with Crippen LogP contribution in [0.4, 0.5) is 5.82 Å². The third-order valence-corrected chi connectivity index (χ3v) is 4.16. The highest BCUT2D eigenvalue weighted by Gasteiger charge is 2.24.